The molecule has 1 aromatic heterocycles. The summed E-state index contributed by atoms with van der Waals surface area (Å²) in [7, 11) is 0. The Hall–Kier alpha value is -1.46. The number of ether oxygens (including phenoxy) is 1. The van der Waals surface area contributed by atoms with E-state index in [1.165, 1.54) is 12.1 Å². The Morgan fingerprint density at radius 2 is 2.23 bits per heavy atom. The first kappa shape index (κ1) is 20.8. The van der Waals surface area contributed by atoms with Crippen LogP contribution in [0.3, 0.4) is 0 Å². The maximum absolute atomic E-state index is 13.7. The molecule has 3 N–H and O–H groups in total. The SMILES string of the molecule is CC(=O)Oc1c(C(Br)CCNS(=O)O)oc(-c2ccc(Cl)c(F)c2)c1O. The second kappa shape index (κ2) is 8.96. The minimum atomic E-state index is -2.18. The predicted octanol–water partition coefficient (Wildman–Crippen LogP) is 3.92. The Morgan fingerprint density at radius 1 is 1.54 bits per heavy atom. The molecule has 0 amide bonds. The lowest BCUT2D eigenvalue weighted by molar-refractivity contribution is -0.132. The molecule has 1 heterocycles. The van der Waals surface area contributed by atoms with Crippen molar-refractivity contribution >= 4 is 44.8 Å². The Kier molecular flexibility index (Phi) is 7.18. The van der Waals surface area contributed by atoms with Crippen molar-refractivity contribution in [3.8, 4) is 22.8 Å². The van der Waals surface area contributed by atoms with Gasteiger partial charge in [-0.3, -0.25) is 9.35 Å². The van der Waals surface area contributed by atoms with Crippen LogP contribution in [-0.2, 0) is 16.1 Å². The van der Waals surface area contributed by atoms with E-state index >= 15 is 0 Å². The first-order chi connectivity index (χ1) is 12.2. The van der Waals surface area contributed by atoms with Crippen molar-refractivity contribution < 1.29 is 32.2 Å². The molecule has 0 spiro atoms. The molecule has 26 heavy (non-hydrogen) atoms. The van der Waals surface area contributed by atoms with Gasteiger partial charge in [0.15, 0.2) is 11.5 Å². The van der Waals surface area contributed by atoms with Crippen LogP contribution >= 0.6 is 27.5 Å². The third-order valence-electron chi connectivity index (χ3n) is 3.20. The fraction of sp³-hybridized carbons (Fsp3) is 0.267. The Bertz CT molecular complexity index is 846. The van der Waals surface area contributed by atoms with Crippen molar-refractivity contribution in [2.45, 2.75) is 18.2 Å². The van der Waals surface area contributed by atoms with E-state index in [1.807, 2.05) is 0 Å². The van der Waals surface area contributed by atoms with Crippen LogP contribution in [0.15, 0.2) is 22.6 Å². The molecule has 1 aromatic carbocycles. The largest absolute Gasteiger partial charge is 0.502 e. The molecule has 0 aliphatic carbocycles. The molecule has 11 heteroatoms. The highest BCUT2D eigenvalue weighted by Gasteiger charge is 2.28. The number of rotatable bonds is 7. The van der Waals surface area contributed by atoms with Crippen LogP contribution in [-0.4, -0.2) is 26.4 Å². The number of halogens is 3. The molecular formula is C15H14BrClFNO6S. The molecular weight excluding hydrogens is 457 g/mol. The number of furan rings is 1. The number of carbonyl (C=O) groups excluding carboxylic acids is 1. The van der Waals surface area contributed by atoms with Crippen LogP contribution in [0, 0.1) is 5.82 Å². The second-order valence-corrected chi connectivity index (χ2v) is 7.39. The zero-order chi connectivity index (χ0) is 19.4. The Balaban J connectivity index is 2.41. The van der Waals surface area contributed by atoms with Crippen LogP contribution in [0.2, 0.25) is 5.02 Å². The van der Waals surface area contributed by atoms with Gasteiger partial charge in [-0.05, 0) is 24.6 Å². The maximum atomic E-state index is 13.7. The third kappa shape index (κ3) is 5.04. The lowest BCUT2D eigenvalue weighted by atomic mass is 10.1. The molecule has 2 atom stereocenters. The summed E-state index contributed by atoms with van der Waals surface area (Å²) in [5, 5.41) is 10.3. The maximum Gasteiger partial charge on any atom is 0.308 e. The van der Waals surface area contributed by atoms with Crippen LogP contribution in [0.25, 0.3) is 11.3 Å². The van der Waals surface area contributed by atoms with E-state index in [-0.39, 0.29) is 40.8 Å². The lowest BCUT2D eigenvalue weighted by Crippen LogP contribution is -2.18. The summed E-state index contributed by atoms with van der Waals surface area (Å²) < 4.78 is 46.0. The number of alkyl halides is 1. The van der Waals surface area contributed by atoms with Gasteiger partial charge in [0.25, 0.3) is 0 Å². The van der Waals surface area contributed by atoms with Crippen molar-refractivity contribution in [3.05, 3.63) is 34.8 Å². The van der Waals surface area contributed by atoms with Gasteiger partial charge in [-0.25, -0.2) is 13.3 Å². The van der Waals surface area contributed by atoms with Gasteiger partial charge in [0.2, 0.25) is 22.8 Å². The highest BCUT2D eigenvalue weighted by Crippen LogP contribution is 2.48. The molecule has 2 unspecified atom stereocenters. The average Bonchev–Trinajstić information content (AvgIpc) is 2.86. The molecule has 0 bridgehead atoms. The van der Waals surface area contributed by atoms with Gasteiger partial charge in [-0.2, -0.15) is 0 Å². The number of hydrogen-bond acceptors (Lipinski definition) is 5. The fourth-order valence-corrected chi connectivity index (χ4v) is 3.05. The molecule has 142 valence electrons. The number of aromatic hydroxyl groups is 1. The summed E-state index contributed by atoms with van der Waals surface area (Å²) in [6, 6.07) is 3.80. The van der Waals surface area contributed by atoms with E-state index in [2.05, 4.69) is 20.7 Å². The highest BCUT2D eigenvalue weighted by molar-refractivity contribution is 9.09. The Morgan fingerprint density at radius 3 is 2.81 bits per heavy atom. The van der Waals surface area contributed by atoms with E-state index in [1.54, 1.807) is 0 Å². The zero-order valence-electron chi connectivity index (χ0n) is 13.3. The molecule has 0 saturated heterocycles. The molecule has 0 fully saturated rings. The van der Waals surface area contributed by atoms with Gasteiger partial charge >= 0.3 is 5.97 Å². The number of esters is 1. The van der Waals surface area contributed by atoms with Gasteiger partial charge in [0.1, 0.15) is 5.82 Å². The van der Waals surface area contributed by atoms with E-state index in [0.717, 1.165) is 13.0 Å². The summed E-state index contributed by atoms with van der Waals surface area (Å²) in [4.78, 5) is 10.8. The molecule has 2 aromatic rings. The quantitative estimate of drug-likeness (QED) is 0.321. The first-order valence-electron chi connectivity index (χ1n) is 7.18. The van der Waals surface area contributed by atoms with Crippen molar-refractivity contribution in [3.63, 3.8) is 0 Å². The van der Waals surface area contributed by atoms with E-state index in [9.17, 15) is 18.5 Å². The number of benzene rings is 1. The summed E-state index contributed by atoms with van der Waals surface area (Å²) >= 11 is 6.78. The Labute approximate surface area is 164 Å². The summed E-state index contributed by atoms with van der Waals surface area (Å²) in [6.45, 7) is 1.28. The molecule has 0 saturated carbocycles. The average molecular weight is 471 g/mol. The van der Waals surface area contributed by atoms with Crippen LogP contribution in [0.4, 0.5) is 4.39 Å². The smallest absolute Gasteiger partial charge is 0.308 e. The van der Waals surface area contributed by atoms with Gasteiger partial charge in [0.05, 0.1) is 9.85 Å². The molecule has 7 nitrogen and oxygen atoms in total. The molecule has 0 aliphatic heterocycles. The van der Waals surface area contributed by atoms with Crippen molar-refractivity contribution in [1.29, 1.82) is 0 Å². The normalized spacial score (nSPS) is 13.4. The van der Waals surface area contributed by atoms with Crippen LogP contribution in [0.1, 0.15) is 23.9 Å². The number of hydrogen-bond donors (Lipinski definition) is 3. The topological polar surface area (TPSA) is 109 Å². The molecule has 2 rings (SSSR count). The van der Waals surface area contributed by atoms with Crippen molar-refractivity contribution in [2.24, 2.45) is 0 Å². The van der Waals surface area contributed by atoms with E-state index in [4.69, 9.17) is 25.3 Å². The van der Waals surface area contributed by atoms with Crippen molar-refractivity contribution in [1.82, 2.24) is 4.72 Å². The standard InChI is InChI=1S/C15H14BrClFNO6S/c1-7(20)24-15-12(21)13(8-2-3-10(17)11(18)6-8)25-14(15)9(16)4-5-19-26(22)23/h2-3,6,9,19,21H,4-5H2,1H3,(H,22,23). The minimum absolute atomic E-state index is 0.0774. The van der Waals surface area contributed by atoms with Gasteiger partial charge in [-0.15, -0.1) is 0 Å². The third-order valence-corrected chi connectivity index (χ3v) is 4.83. The van der Waals surface area contributed by atoms with Crippen LogP contribution < -0.4 is 9.46 Å². The monoisotopic (exact) mass is 469 g/mol. The predicted molar refractivity (Wildman–Crippen MR) is 97.1 cm³/mol. The second-order valence-electron chi connectivity index (χ2n) is 5.10. The number of nitrogens with one attached hydrogen (secondary N) is 1. The van der Waals surface area contributed by atoms with Crippen molar-refractivity contribution in [2.75, 3.05) is 6.54 Å². The van der Waals surface area contributed by atoms with Crippen LogP contribution in [0.5, 0.6) is 11.5 Å². The molecule has 0 radical (unpaired) electrons. The molecule has 0 aliphatic rings. The van der Waals surface area contributed by atoms with E-state index in [0.29, 0.717) is 0 Å². The van der Waals surface area contributed by atoms with Gasteiger partial charge < -0.3 is 14.3 Å². The lowest BCUT2D eigenvalue weighted by Gasteiger charge is -2.08. The minimum Gasteiger partial charge on any atom is -0.502 e. The first-order valence-corrected chi connectivity index (χ1v) is 9.58. The number of carbonyl (C=O) groups is 1. The summed E-state index contributed by atoms with van der Waals surface area (Å²) in [5.74, 6) is -2.11. The fourth-order valence-electron chi connectivity index (χ4n) is 2.11. The highest BCUT2D eigenvalue weighted by atomic mass is 79.9. The zero-order valence-corrected chi connectivity index (χ0v) is 16.5. The van der Waals surface area contributed by atoms with Gasteiger partial charge in [0, 0.05) is 19.0 Å². The summed E-state index contributed by atoms with van der Waals surface area (Å²) in [6.07, 6.45) is 0.266. The van der Waals surface area contributed by atoms with E-state index < -0.39 is 33.6 Å². The summed E-state index contributed by atoms with van der Waals surface area (Å²) in [5.41, 5.74) is 0.193. The van der Waals surface area contributed by atoms with Gasteiger partial charge in [-0.1, -0.05) is 27.5 Å².